The van der Waals surface area contributed by atoms with Gasteiger partial charge in [-0.15, -0.1) is 0 Å². The molecule has 1 aliphatic carbocycles. The lowest BCUT2D eigenvalue weighted by molar-refractivity contribution is -0.143. The van der Waals surface area contributed by atoms with Gasteiger partial charge in [-0.05, 0) is 64.3 Å². The third-order valence-electron chi connectivity index (χ3n) is 7.64. The molecule has 2 aliphatic rings. The molecule has 1 aromatic carbocycles. The fourth-order valence-electron chi connectivity index (χ4n) is 5.74. The Bertz CT molecular complexity index is 1580. The molecule has 230 valence electrons. The molecule has 0 atom stereocenters. The largest absolute Gasteiger partial charge is 0.444 e. The van der Waals surface area contributed by atoms with E-state index in [-0.39, 0.29) is 52.8 Å². The van der Waals surface area contributed by atoms with Gasteiger partial charge in [0, 0.05) is 30.3 Å². The van der Waals surface area contributed by atoms with Crippen molar-refractivity contribution in [2.75, 3.05) is 18.8 Å². The van der Waals surface area contributed by atoms with Crippen molar-refractivity contribution in [1.82, 2.24) is 24.5 Å². The third kappa shape index (κ3) is 5.87. The van der Waals surface area contributed by atoms with Crippen molar-refractivity contribution in [3.8, 4) is 17.3 Å². The normalized spacial score (nSPS) is 17.0. The summed E-state index contributed by atoms with van der Waals surface area (Å²) in [6, 6.07) is 3.29. The number of hydrogen-bond donors (Lipinski definition) is 1. The number of rotatable bonds is 4. The molecule has 1 saturated carbocycles. The Morgan fingerprint density at radius 2 is 1.65 bits per heavy atom. The average molecular weight is 610 g/mol. The van der Waals surface area contributed by atoms with Crippen molar-refractivity contribution in [2.24, 2.45) is 5.41 Å². The molecule has 1 amide bonds. The average Bonchev–Trinajstić information content (AvgIpc) is 3.33. The van der Waals surface area contributed by atoms with Gasteiger partial charge >= 0.3 is 18.4 Å². The van der Waals surface area contributed by atoms with Crippen LogP contribution in [0.5, 0.6) is 0 Å². The molecule has 43 heavy (non-hydrogen) atoms. The summed E-state index contributed by atoms with van der Waals surface area (Å²) in [5.41, 5.74) is 3.58. The molecule has 1 spiro atoms. The summed E-state index contributed by atoms with van der Waals surface area (Å²) in [5, 5.41) is 18.7. The molecule has 3 aromatic rings. The molecule has 1 aliphatic heterocycles. The number of aromatic nitrogens is 4. The van der Waals surface area contributed by atoms with Crippen LogP contribution in [0.15, 0.2) is 24.4 Å². The molecule has 0 unspecified atom stereocenters. The van der Waals surface area contributed by atoms with E-state index in [1.165, 1.54) is 10.9 Å². The summed E-state index contributed by atoms with van der Waals surface area (Å²) in [4.78, 5) is 13.9. The van der Waals surface area contributed by atoms with Crippen molar-refractivity contribution < 1.29 is 35.9 Å². The highest BCUT2D eigenvalue weighted by Crippen LogP contribution is 2.55. The Morgan fingerprint density at radius 1 is 1.07 bits per heavy atom. The van der Waals surface area contributed by atoms with E-state index in [1.54, 1.807) is 37.3 Å². The maximum absolute atomic E-state index is 13.3. The first-order chi connectivity index (χ1) is 19.8. The number of carbonyl (C=O) groups excluding carboxylic acids is 1. The van der Waals surface area contributed by atoms with Crippen LogP contribution >= 0.6 is 0 Å². The van der Waals surface area contributed by atoms with Crippen molar-refractivity contribution in [1.29, 1.82) is 5.26 Å². The molecule has 0 bridgehead atoms. The number of nitrogen functional groups attached to an aromatic ring is 1. The SMILES string of the molecule is Cc1nn(Cc2cc(C(F)(F)F)cc(C(F)(F)F)c2)cc1-c1nn(C2CC3(C2)CN(C(=O)OC(C)(C)C)C3)c(N)c1C#N. The van der Waals surface area contributed by atoms with E-state index in [9.17, 15) is 36.4 Å². The number of alkyl halides is 6. The van der Waals surface area contributed by atoms with E-state index >= 15 is 0 Å². The first-order valence-electron chi connectivity index (χ1n) is 13.4. The molecule has 15 heteroatoms. The maximum Gasteiger partial charge on any atom is 0.416 e. The highest BCUT2D eigenvalue weighted by Gasteiger charge is 2.55. The number of hydrogen-bond acceptors (Lipinski definition) is 6. The molecule has 2 aromatic heterocycles. The number of ether oxygens (including phenoxy) is 1. The maximum atomic E-state index is 13.3. The summed E-state index contributed by atoms with van der Waals surface area (Å²) >= 11 is 0. The second-order valence-electron chi connectivity index (χ2n) is 12.3. The topological polar surface area (TPSA) is 115 Å². The Morgan fingerprint density at radius 3 is 2.16 bits per heavy atom. The lowest BCUT2D eigenvalue weighted by Gasteiger charge is -2.58. The van der Waals surface area contributed by atoms with Gasteiger partial charge in [-0.25, -0.2) is 9.48 Å². The number of amides is 1. The molecular weight excluding hydrogens is 580 g/mol. The minimum absolute atomic E-state index is 0.0706. The van der Waals surface area contributed by atoms with E-state index in [4.69, 9.17) is 10.5 Å². The first kappa shape index (κ1) is 30.2. The van der Waals surface area contributed by atoms with Crippen LogP contribution in [0.25, 0.3) is 11.3 Å². The minimum Gasteiger partial charge on any atom is -0.444 e. The van der Waals surface area contributed by atoms with E-state index in [2.05, 4.69) is 10.2 Å². The van der Waals surface area contributed by atoms with Gasteiger partial charge in [0.25, 0.3) is 0 Å². The van der Waals surface area contributed by atoms with Crippen LogP contribution in [0.1, 0.15) is 67.6 Å². The Labute approximate surface area is 242 Å². The lowest BCUT2D eigenvalue weighted by atomic mass is 9.61. The van der Waals surface area contributed by atoms with E-state index in [0.717, 1.165) is 0 Å². The van der Waals surface area contributed by atoms with Crippen molar-refractivity contribution in [3.05, 3.63) is 52.3 Å². The van der Waals surface area contributed by atoms with E-state index < -0.39 is 29.1 Å². The van der Waals surface area contributed by atoms with Crippen LogP contribution in [0.3, 0.4) is 0 Å². The molecule has 2 fully saturated rings. The summed E-state index contributed by atoms with van der Waals surface area (Å²) < 4.78 is 88.0. The van der Waals surface area contributed by atoms with Gasteiger partial charge in [0.2, 0.25) is 0 Å². The fourth-order valence-corrected chi connectivity index (χ4v) is 5.74. The van der Waals surface area contributed by atoms with Gasteiger partial charge in [0.1, 0.15) is 28.7 Å². The van der Waals surface area contributed by atoms with Crippen LogP contribution in [-0.4, -0.2) is 49.2 Å². The monoisotopic (exact) mass is 609 g/mol. The van der Waals surface area contributed by atoms with Crippen LogP contribution in [0.2, 0.25) is 0 Å². The standard InChI is InChI=1S/C28H29F6N7O2/c1-15-21(12-40(37-15)11-16-5-17(27(29,30)31)7-18(6-16)28(32,33)34)22-20(10-35)23(36)41(38-22)19-8-26(9-19)13-39(14-26)24(42)43-25(2,3)4/h5-7,12,19H,8-9,11,13-14,36H2,1-4H3. The number of nitrogens with zero attached hydrogens (tertiary/aromatic N) is 6. The molecule has 1 saturated heterocycles. The number of likely N-dealkylation sites (tertiary alicyclic amines) is 1. The van der Waals surface area contributed by atoms with Gasteiger partial charge < -0.3 is 15.4 Å². The molecular formula is C28H29F6N7O2. The summed E-state index contributed by atoms with van der Waals surface area (Å²) in [6.45, 7) is 7.67. The predicted octanol–water partition coefficient (Wildman–Crippen LogP) is 6.17. The number of carbonyl (C=O) groups is 1. The van der Waals surface area contributed by atoms with E-state index in [1.807, 2.05) is 6.07 Å². The number of benzene rings is 1. The minimum atomic E-state index is -4.97. The van der Waals surface area contributed by atoms with Gasteiger partial charge in [-0.3, -0.25) is 4.68 Å². The van der Waals surface area contributed by atoms with Crippen LogP contribution in [-0.2, 0) is 23.6 Å². The highest BCUT2D eigenvalue weighted by atomic mass is 19.4. The van der Waals surface area contributed by atoms with Gasteiger partial charge in [-0.1, -0.05) is 0 Å². The Balaban J connectivity index is 1.35. The zero-order valence-electron chi connectivity index (χ0n) is 23.8. The highest BCUT2D eigenvalue weighted by molar-refractivity contribution is 5.74. The third-order valence-corrected chi connectivity index (χ3v) is 7.64. The quantitative estimate of drug-likeness (QED) is 0.354. The fraction of sp³-hybridized carbons (Fsp3) is 0.500. The molecule has 2 N–H and O–H groups in total. The second-order valence-corrected chi connectivity index (χ2v) is 12.3. The predicted molar refractivity (Wildman–Crippen MR) is 141 cm³/mol. The molecule has 5 rings (SSSR count). The van der Waals surface area contributed by atoms with Gasteiger partial charge in [0.05, 0.1) is 29.4 Å². The van der Waals surface area contributed by atoms with Gasteiger partial charge in [0.15, 0.2) is 0 Å². The van der Waals surface area contributed by atoms with Crippen LogP contribution in [0, 0.1) is 23.7 Å². The summed E-state index contributed by atoms with van der Waals surface area (Å²) in [5.74, 6) is 0.139. The van der Waals surface area contributed by atoms with Crippen molar-refractivity contribution in [3.63, 3.8) is 0 Å². The first-order valence-corrected chi connectivity index (χ1v) is 13.4. The zero-order chi connectivity index (χ0) is 31.7. The molecule has 9 nitrogen and oxygen atoms in total. The van der Waals surface area contributed by atoms with E-state index in [0.29, 0.717) is 49.3 Å². The number of nitriles is 1. The smallest absolute Gasteiger partial charge is 0.416 e. The lowest BCUT2D eigenvalue weighted by Crippen LogP contribution is -2.64. The van der Waals surface area contributed by atoms with Crippen LogP contribution in [0.4, 0.5) is 37.0 Å². The molecule has 3 heterocycles. The van der Waals surface area contributed by atoms with Crippen LogP contribution < -0.4 is 5.73 Å². The van der Waals surface area contributed by atoms with Crippen molar-refractivity contribution in [2.45, 2.75) is 71.1 Å². The Kier molecular flexibility index (Phi) is 6.98. The van der Waals surface area contributed by atoms with Gasteiger partial charge in [-0.2, -0.15) is 41.8 Å². The summed E-state index contributed by atoms with van der Waals surface area (Å²) in [6.07, 6.45) is -7.54. The Hall–Kier alpha value is -4.22. The molecule has 0 radical (unpaired) electrons. The number of halogens is 6. The second kappa shape index (κ2) is 9.92. The van der Waals surface area contributed by atoms with Crippen molar-refractivity contribution >= 4 is 11.9 Å². The number of anilines is 1. The number of nitrogens with two attached hydrogens (primary N) is 1. The summed E-state index contributed by atoms with van der Waals surface area (Å²) in [7, 11) is 0. The zero-order valence-corrected chi connectivity index (χ0v) is 23.8. The number of aryl methyl sites for hydroxylation is 1.